The number of hydrogen-bond donors (Lipinski definition) is 0. The van der Waals surface area contributed by atoms with Crippen molar-refractivity contribution < 1.29 is 75.2 Å². The first-order valence-electron chi connectivity index (χ1n) is 13.4. The number of hydrogen-bond acceptors (Lipinski definition) is 2. The van der Waals surface area contributed by atoms with Gasteiger partial charge >= 0.3 is 7.12 Å². The quantitative estimate of drug-likeness (QED) is 0.0562. The van der Waals surface area contributed by atoms with Crippen molar-refractivity contribution >= 4 is 34.1 Å². The molecular formula is C32H8BF15O2. The molecule has 6 rings (SSSR count). The molecule has 0 heterocycles. The lowest BCUT2D eigenvalue weighted by Gasteiger charge is -2.22. The van der Waals surface area contributed by atoms with Crippen LogP contribution in [0.4, 0.5) is 65.9 Å². The van der Waals surface area contributed by atoms with Crippen molar-refractivity contribution in [3.8, 4) is 22.6 Å². The summed E-state index contributed by atoms with van der Waals surface area (Å²) in [5, 5.41) is -8.28. The molecule has 0 saturated heterocycles. The maximum atomic E-state index is 16.0. The highest BCUT2D eigenvalue weighted by Crippen LogP contribution is 2.43. The Morgan fingerprint density at radius 2 is 0.780 bits per heavy atom. The average Bonchev–Trinajstić information content (AvgIpc) is 3.09. The Kier molecular flexibility index (Phi) is 8.52. The summed E-state index contributed by atoms with van der Waals surface area (Å²) in [6.45, 7) is 0. The minimum atomic E-state index is -2.85. The van der Waals surface area contributed by atoms with Crippen LogP contribution in [0.25, 0.3) is 32.7 Å². The van der Waals surface area contributed by atoms with Crippen molar-refractivity contribution in [1.29, 1.82) is 0 Å². The van der Waals surface area contributed by atoms with Gasteiger partial charge in [-0.05, 0) is 29.8 Å². The van der Waals surface area contributed by atoms with E-state index in [4.69, 9.17) is 9.31 Å². The Morgan fingerprint density at radius 3 is 1.40 bits per heavy atom. The van der Waals surface area contributed by atoms with Crippen LogP contribution in [0.1, 0.15) is 0 Å². The van der Waals surface area contributed by atoms with Crippen molar-refractivity contribution in [2.45, 2.75) is 0 Å². The zero-order valence-corrected chi connectivity index (χ0v) is 23.7. The topological polar surface area (TPSA) is 18.5 Å². The first-order valence-corrected chi connectivity index (χ1v) is 13.4. The zero-order valence-electron chi connectivity index (χ0n) is 23.7. The molecule has 0 bridgehead atoms. The smallest absolute Gasteiger partial charge is 0.519 e. The van der Waals surface area contributed by atoms with Gasteiger partial charge < -0.3 is 9.31 Å². The average molecular weight is 720 g/mol. The van der Waals surface area contributed by atoms with Crippen LogP contribution in [0.15, 0.2) is 48.5 Å². The molecule has 2 nitrogen and oxygen atoms in total. The summed E-state index contributed by atoms with van der Waals surface area (Å²) in [7, 11) is -2.85. The highest BCUT2D eigenvalue weighted by Gasteiger charge is 2.39. The molecular weight excluding hydrogens is 712 g/mol. The van der Waals surface area contributed by atoms with Gasteiger partial charge in [0.2, 0.25) is 11.6 Å². The van der Waals surface area contributed by atoms with Gasteiger partial charge in [-0.2, -0.15) is 8.78 Å². The van der Waals surface area contributed by atoms with Crippen molar-refractivity contribution in [2.24, 2.45) is 0 Å². The van der Waals surface area contributed by atoms with Gasteiger partial charge in [0.25, 0.3) is 0 Å². The Morgan fingerprint density at radius 1 is 0.320 bits per heavy atom. The molecule has 0 radical (unpaired) electrons. The molecule has 0 fully saturated rings. The van der Waals surface area contributed by atoms with Crippen LogP contribution in [-0.4, -0.2) is 7.12 Å². The molecule has 0 aromatic heterocycles. The van der Waals surface area contributed by atoms with Gasteiger partial charge in [0.05, 0.1) is 21.5 Å². The lowest BCUT2D eigenvalue weighted by Crippen LogP contribution is -2.44. The minimum Gasteiger partial charge on any atom is -0.519 e. The predicted molar refractivity (Wildman–Crippen MR) is 146 cm³/mol. The Bertz CT molecular complexity index is 2420. The van der Waals surface area contributed by atoms with Crippen LogP contribution < -0.4 is 14.8 Å². The number of benzene rings is 6. The van der Waals surface area contributed by atoms with Crippen molar-refractivity contribution in [3.63, 3.8) is 0 Å². The lowest BCUT2D eigenvalue weighted by molar-refractivity contribution is 0.368. The lowest BCUT2D eigenvalue weighted by atomic mass is 9.73. The zero-order chi connectivity index (χ0) is 36.5. The summed E-state index contributed by atoms with van der Waals surface area (Å²) in [4.78, 5) is 0. The monoisotopic (exact) mass is 720 g/mol. The third-order valence-corrected chi connectivity index (χ3v) is 7.42. The third kappa shape index (κ3) is 5.11. The molecule has 0 amide bonds. The molecule has 0 unspecified atom stereocenters. The highest BCUT2D eigenvalue weighted by atomic mass is 19.2. The number of rotatable bonds is 6. The van der Waals surface area contributed by atoms with Gasteiger partial charge in [0.15, 0.2) is 75.5 Å². The van der Waals surface area contributed by atoms with E-state index in [1.165, 1.54) is 0 Å². The molecule has 18 heteroatoms. The molecule has 0 N–H and O–H groups in total. The molecule has 256 valence electrons. The van der Waals surface area contributed by atoms with E-state index in [0.717, 1.165) is 24.3 Å². The summed E-state index contributed by atoms with van der Waals surface area (Å²) in [6.07, 6.45) is 0. The molecule has 50 heavy (non-hydrogen) atoms. The predicted octanol–water partition coefficient (Wildman–Crippen LogP) is 9.60. The van der Waals surface area contributed by atoms with Gasteiger partial charge in [0.1, 0.15) is 11.6 Å². The van der Waals surface area contributed by atoms with Gasteiger partial charge in [-0.25, -0.2) is 57.1 Å². The summed E-state index contributed by atoms with van der Waals surface area (Å²) < 4.78 is 231. The van der Waals surface area contributed by atoms with E-state index in [2.05, 4.69) is 0 Å². The van der Waals surface area contributed by atoms with Crippen molar-refractivity contribution in [1.82, 2.24) is 0 Å². The van der Waals surface area contributed by atoms with Gasteiger partial charge in [-0.15, -0.1) is 0 Å². The first-order chi connectivity index (χ1) is 23.6. The Labute approximate surface area is 268 Å². The SMILES string of the molecule is Fc1ccc(-c2ccccc2B(Oc2c(F)ccc(F)c2F)Oc2c(F)c(F)c(F)c3c(F)c4c(F)c(F)c(F)c(F)c4c(F)c23)c(F)c1F. The largest absolute Gasteiger partial charge is 0.633 e. The van der Waals surface area contributed by atoms with E-state index >= 15 is 17.6 Å². The van der Waals surface area contributed by atoms with Crippen molar-refractivity contribution in [2.75, 3.05) is 0 Å². The van der Waals surface area contributed by atoms with Crippen LogP contribution in [-0.2, 0) is 0 Å². The molecule has 0 spiro atoms. The fraction of sp³-hybridized carbons (Fsp3) is 0. The van der Waals surface area contributed by atoms with Crippen LogP contribution in [0, 0.1) is 87.3 Å². The summed E-state index contributed by atoms with van der Waals surface area (Å²) >= 11 is 0. The van der Waals surface area contributed by atoms with Crippen LogP contribution in [0.5, 0.6) is 11.5 Å². The molecule has 0 atom stereocenters. The normalized spacial score (nSPS) is 11.5. The molecule has 6 aromatic carbocycles. The van der Waals surface area contributed by atoms with E-state index < -0.39 is 144 Å². The fourth-order valence-electron chi connectivity index (χ4n) is 5.12. The highest BCUT2D eigenvalue weighted by molar-refractivity contribution is 6.64. The fourth-order valence-corrected chi connectivity index (χ4v) is 5.12. The van der Waals surface area contributed by atoms with Gasteiger partial charge in [0, 0.05) is 11.0 Å². The van der Waals surface area contributed by atoms with E-state index in [0.29, 0.717) is 12.1 Å². The maximum absolute atomic E-state index is 16.0. The van der Waals surface area contributed by atoms with E-state index in [9.17, 15) is 48.3 Å². The second kappa shape index (κ2) is 12.4. The first kappa shape index (κ1) is 34.3. The summed E-state index contributed by atoms with van der Waals surface area (Å²) in [6, 6.07) is 5.39. The standard InChI is InChI=1S/C32H8BF15O2/c34-12-6-5-10(19(37)20(12)38)9-3-1-2-4-11(9)33(49-31-14(36)8-7-13(35)21(31)39)50-32-18-17(26(44)29(47)30(32)48)22(40)15-16(23(18)41)25(43)28(46)27(45)24(15)42/h1-8H. The Balaban J connectivity index is 1.70. The molecule has 0 aliphatic carbocycles. The van der Waals surface area contributed by atoms with Crippen LogP contribution in [0.2, 0.25) is 0 Å². The minimum absolute atomic E-state index is 0.263. The van der Waals surface area contributed by atoms with Crippen LogP contribution >= 0.6 is 0 Å². The van der Waals surface area contributed by atoms with Crippen molar-refractivity contribution in [3.05, 3.63) is 136 Å². The number of fused-ring (bicyclic) bond motifs is 2. The van der Waals surface area contributed by atoms with Gasteiger partial charge in [-0.3, -0.25) is 0 Å². The van der Waals surface area contributed by atoms with E-state index in [1.807, 2.05) is 0 Å². The summed E-state index contributed by atoms with van der Waals surface area (Å²) in [5.41, 5.74) is -2.34. The Hall–Kier alpha value is -5.55. The second-order valence-corrected chi connectivity index (χ2v) is 10.2. The maximum Gasteiger partial charge on any atom is 0.633 e. The van der Waals surface area contributed by atoms with Crippen LogP contribution in [0.3, 0.4) is 0 Å². The number of halogens is 15. The molecule has 0 saturated carbocycles. The van der Waals surface area contributed by atoms with Gasteiger partial charge in [-0.1, -0.05) is 24.3 Å². The molecule has 0 aliphatic rings. The summed E-state index contributed by atoms with van der Waals surface area (Å²) in [5.74, 6) is -38.8. The third-order valence-electron chi connectivity index (χ3n) is 7.42. The molecule has 0 aliphatic heterocycles. The van der Waals surface area contributed by atoms with E-state index in [1.54, 1.807) is 0 Å². The second-order valence-electron chi connectivity index (χ2n) is 10.2. The van der Waals surface area contributed by atoms with E-state index in [-0.39, 0.29) is 12.1 Å². The molecule has 6 aromatic rings.